The van der Waals surface area contributed by atoms with E-state index in [1.807, 2.05) is 27.7 Å². The van der Waals surface area contributed by atoms with Crippen LogP contribution in [0.15, 0.2) is 0 Å². The minimum absolute atomic E-state index is 0.169. The van der Waals surface area contributed by atoms with Crippen LogP contribution in [0.3, 0.4) is 0 Å². The molecular formula is C12H22O4. The molecule has 0 spiro atoms. The zero-order chi connectivity index (χ0) is 12.4. The van der Waals surface area contributed by atoms with Crippen LogP contribution in [-0.2, 0) is 19.3 Å². The van der Waals surface area contributed by atoms with E-state index in [0.29, 0.717) is 6.42 Å². The van der Waals surface area contributed by atoms with Crippen LogP contribution in [0.5, 0.6) is 0 Å². The molecule has 4 heteroatoms. The van der Waals surface area contributed by atoms with Crippen LogP contribution in [0, 0.1) is 0 Å². The van der Waals surface area contributed by atoms with Crippen molar-refractivity contribution in [3.63, 3.8) is 0 Å². The van der Waals surface area contributed by atoms with Gasteiger partial charge in [-0.2, -0.15) is 0 Å². The highest BCUT2D eigenvalue weighted by molar-refractivity contribution is 5.81. The van der Waals surface area contributed by atoms with Gasteiger partial charge in [-0.3, -0.25) is 0 Å². The normalized spacial score (nSPS) is 29.7. The Labute approximate surface area is 97.2 Å². The second-order valence-electron chi connectivity index (χ2n) is 5.20. The summed E-state index contributed by atoms with van der Waals surface area (Å²) in [6.45, 7) is 9.51. The van der Waals surface area contributed by atoms with Crippen molar-refractivity contribution in [2.24, 2.45) is 0 Å². The molecule has 16 heavy (non-hydrogen) atoms. The molecule has 0 radical (unpaired) electrons. The molecule has 0 aromatic carbocycles. The van der Waals surface area contributed by atoms with Gasteiger partial charge in [0.05, 0.1) is 0 Å². The molecule has 2 atom stereocenters. The predicted octanol–water partition coefficient (Wildman–Crippen LogP) is 2.61. The number of carbonyl (C=O) groups excluding carboxylic acids is 1. The Hall–Kier alpha value is -0.610. The standard InChI is InChI=1S/C12H22O4/c1-6-8-9-12(7-2,16-15-9)10(13)14-11(3,4)5/h9H,6-8H2,1-5H3/t9-,12+/m1/s1. The lowest BCUT2D eigenvalue weighted by atomic mass is 9.89. The smallest absolute Gasteiger partial charge is 0.345 e. The number of rotatable bonds is 4. The summed E-state index contributed by atoms with van der Waals surface area (Å²) in [5.74, 6) is -0.313. The molecular weight excluding hydrogens is 208 g/mol. The molecule has 0 aromatic rings. The molecule has 1 fully saturated rings. The van der Waals surface area contributed by atoms with E-state index in [4.69, 9.17) is 14.5 Å². The first kappa shape index (κ1) is 13.5. The summed E-state index contributed by atoms with van der Waals surface area (Å²) < 4.78 is 5.37. The molecule has 1 aliphatic heterocycles. The number of carbonyl (C=O) groups is 1. The lowest BCUT2D eigenvalue weighted by Gasteiger charge is -2.45. The van der Waals surface area contributed by atoms with Crippen molar-refractivity contribution >= 4 is 5.97 Å². The third kappa shape index (κ3) is 2.55. The van der Waals surface area contributed by atoms with Crippen molar-refractivity contribution in [2.75, 3.05) is 0 Å². The van der Waals surface area contributed by atoms with Crippen molar-refractivity contribution in [1.29, 1.82) is 0 Å². The summed E-state index contributed by atoms with van der Waals surface area (Å²) in [6.07, 6.45) is 2.18. The lowest BCUT2D eigenvalue weighted by Crippen LogP contribution is -2.62. The van der Waals surface area contributed by atoms with Crippen molar-refractivity contribution in [1.82, 2.24) is 0 Å². The Kier molecular flexibility index (Phi) is 3.97. The van der Waals surface area contributed by atoms with Crippen LogP contribution in [0.1, 0.15) is 53.9 Å². The van der Waals surface area contributed by atoms with Gasteiger partial charge in [-0.1, -0.05) is 20.3 Å². The minimum Gasteiger partial charge on any atom is -0.458 e. The zero-order valence-electron chi connectivity index (χ0n) is 10.8. The fourth-order valence-corrected chi connectivity index (χ4v) is 1.74. The average Bonchev–Trinajstić information content (AvgIpc) is 2.11. The van der Waals surface area contributed by atoms with Crippen LogP contribution in [0.25, 0.3) is 0 Å². The molecule has 1 rings (SSSR count). The van der Waals surface area contributed by atoms with Gasteiger partial charge in [0, 0.05) is 0 Å². The van der Waals surface area contributed by atoms with Crippen molar-refractivity contribution in [2.45, 2.75) is 71.2 Å². The van der Waals surface area contributed by atoms with Crippen LogP contribution in [0.4, 0.5) is 0 Å². The van der Waals surface area contributed by atoms with Crippen molar-refractivity contribution in [3.8, 4) is 0 Å². The first-order chi connectivity index (χ1) is 7.35. The molecule has 0 bridgehead atoms. The molecule has 94 valence electrons. The summed E-state index contributed by atoms with van der Waals surface area (Å²) in [7, 11) is 0. The van der Waals surface area contributed by atoms with Gasteiger partial charge in [-0.15, -0.1) is 0 Å². The van der Waals surface area contributed by atoms with Gasteiger partial charge in [0.2, 0.25) is 5.60 Å². The quantitative estimate of drug-likeness (QED) is 0.550. The Bertz CT molecular complexity index is 252. The second kappa shape index (κ2) is 4.72. The lowest BCUT2D eigenvalue weighted by molar-refractivity contribution is -0.499. The highest BCUT2D eigenvalue weighted by atomic mass is 17.3. The van der Waals surface area contributed by atoms with Gasteiger partial charge in [0.15, 0.2) is 0 Å². The van der Waals surface area contributed by atoms with Gasteiger partial charge in [-0.05, 0) is 33.6 Å². The molecule has 0 aliphatic carbocycles. The average molecular weight is 230 g/mol. The minimum atomic E-state index is -0.886. The Morgan fingerprint density at radius 3 is 2.31 bits per heavy atom. The van der Waals surface area contributed by atoms with Crippen molar-refractivity contribution < 1.29 is 19.3 Å². The van der Waals surface area contributed by atoms with E-state index in [9.17, 15) is 4.79 Å². The van der Waals surface area contributed by atoms with Gasteiger partial charge >= 0.3 is 5.97 Å². The molecule has 1 heterocycles. The molecule has 0 aromatic heterocycles. The summed E-state index contributed by atoms with van der Waals surface area (Å²) in [5.41, 5.74) is -1.38. The van der Waals surface area contributed by atoms with Crippen LogP contribution >= 0.6 is 0 Å². The monoisotopic (exact) mass is 230 g/mol. The van der Waals surface area contributed by atoms with E-state index in [1.54, 1.807) is 0 Å². The van der Waals surface area contributed by atoms with Gasteiger partial charge in [0.1, 0.15) is 11.7 Å². The molecule has 0 amide bonds. The first-order valence-corrected chi connectivity index (χ1v) is 5.93. The molecule has 4 nitrogen and oxygen atoms in total. The highest BCUT2D eigenvalue weighted by Gasteiger charge is 2.57. The zero-order valence-corrected chi connectivity index (χ0v) is 10.8. The summed E-state index contributed by atoms with van der Waals surface area (Å²) >= 11 is 0. The first-order valence-electron chi connectivity index (χ1n) is 5.93. The van der Waals surface area contributed by atoms with Crippen LogP contribution < -0.4 is 0 Å². The van der Waals surface area contributed by atoms with Gasteiger partial charge < -0.3 is 4.74 Å². The van der Waals surface area contributed by atoms with Crippen LogP contribution in [-0.4, -0.2) is 23.3 Å². The van der Waals surface area contributed by atoms with E-state index in [-0.39, 0.29) is 12.1 Å². The molecule has 1 saturated heterocycles. The molecule has 1 aliphatic rings. The molecule has 0 unspecified atom stereocenters. The molecule has 0 N–H and O–H groups in total. The van der Waals surface area contributed by atoms with E-state index >= 15 is 0 Å². The molecule has 0 saturated carbocycles. The Morgan fingerprint density at radius 2 is 2.00 bits per heavy atom. The van der Waals surface area contributed by atoms with Gasteiger partial charge in [0.25, 0.3) is 0 Å². The maximum atomic E-state index is 12.1. The Balaban J connectivity index is 2.70. The summed E-state index contributed by atoms with van der Waals surface area (Å²) in [5, 5.41) is 0. The number of ether oxygens (including phenoxy) is 1. The maximum Gasteiger partial charge on any atom is 0.345 e. The maximum absolute atomic E-state index is 12.1. The topological polar surface area (TPSA) is 44.8 Å². The third-order valence-corrected chi connectivity index (χ3v) is 2.65. The number of esters is 1. The number of hydrogen-bond donors (Lipinski definition) is 0. The van der Waals surface area contributed by atoms with E-state index in [2.05, 4.69) is 6.92 Å². The fourth-order valence-electron chi connectivity index (χ4n) is 1.74. The SMILES string of the molecule is CCC[C@H]1OO[C@]1(CC)C(=O)OC(C)(C)C. The second-order valence-corrected chi connectivity index (χ2v) is 5.20. The van der Waals surface area contributed by atoms with E-state index < -0.39 is 11.2 Å². The van der Waals surface area contributed by atoms with Crippen molar-refractivity contribution in [3.05, 3.63) is 0 Å². The van der Waals surface area contributed by atoms with E-state index in [1.165, 1.54) is 0 Å². The Morgan fingerprint density at radius 1 is 1.38 bits per heavy atom. The van der Waals surface area contributed by atoms with E-state index in [0.717, 1.165) is 12.8 Å². The largest absolute Gasteiger partial charge is 0.458 e. The number of hydrogen-bond acceptors (Lipinski definition) is 4. The predicted molar refractivity (Wildman–Crippen MR) is 59.7 cm³/mol. The van der Waals surface area contributed by atoms with Crippen LogP contribution in [0.2, 0.25) is 0 Å². The highest BCUT2D eigenvalue weighted by Crippen LogP contribution is 2.38. The third-order valence-electron chi connectivity index (χ3n) is 2.65. The summed E-state index contributed by atoms with van der Waals surface area (Å²) in [4.78, 5) is 22.1. The van der Waals surface area contributed by atoms with Gasteiger partial charge in [-0.25, -0.2) is 14.6 Å². The fraction of sp³-hybridized carbons (Fsp3) is 0.917. The summed E-state index contributed by atoms with van der Waals surface area (Å²) in [6, 6.07) is 0.